The van der Waals surface area contributed by atoms with Crippen LogP contribution in [0.15, 0.2) is 30.5 Å². The molecule has 0 amide bonds. The van der Waals surface area contributed by atoms with E-state index in [1.54, 1.807) is 13.3 Å². The molecule has 0 unspecified atom stereocenters. The fraction of sp³-hybridized carbons (Fsp3) is 0.250. The average Bonchev–Trinajstić information content (AvgIpc) is 2.66. The van der Waals surface area contributed by atoms with Crippen molar-refractivity contribution >= 4 is 5.82 Å². The lowest BCUT2D eigenvalue weighted by Gasteiger charge is -2.06. The Balaban J connectivity index is 1.99. The van der Waals surface area contributed by atoms with Crippen LogP contribution in [-0.4, -0.2) is 16.7 Å². The molecule has 17 heavy (non-hydrogen) atoms. The Morgan fingerprint density at radius 2 is 1.88 bits per heavy atom. The van der Waals surface area contributed by atoms with Gasteiger partial charge in [-0.25, -0.2) is 4.98 Å². The Morgan fingerprint density at radius 3 is 2.41 bits per heavy atom. The number of aromatic nitrogens is 2. The topological polar surface area (TPSA) is 62.3 Å². The third-order valence-electron chi connectivity index (χ3n) is 2.42. The van der Waals surface area contributed by atoms with Crippen molar-refractivity contribution in [2.24, 2.45) is 7.05 Å². The molecule has 0 atom stereocenters. The van der Waals surface area contributed by atoms with Gasteiger partial charge in [-0.1, -0.05) is 0 Å². The molecule has 0 fully saturated rings. The molecule has 1 aromatic carbocycles. The van der Waals surface area contributed by atoms with E-state index in [1.807, 2.05) is 35.9 Å². The third-order valence-corrected chi connectivity index (χ3v) is 2.42. The van der Waals surface area contributed by atoms with Crippen LogP contribution in [0.25, 0.3) is 0 Å². The zero-order chi connectivity index (χ0) is 12.3. The minimum Gasteiger partial charge on any atom is -0.497 e. The number of hydrogen-bond acceptors (Lipinski definition) is 4. The van der Waals surface area contributed by atoms with Crippen LogP contribution in [0.1, 0.15) is 5.82 Å². The average molecular weight is 233 g/mol. The zero-order valence-electron chi connectivity index (χ0n) is 9.88. The molecule has 90 valence electrons. The normalized spacial score (nSPS) is 10.2. The summed E-state index contributed by atoms with van der Waals surface area (Å²) in [4.78, 5) is 4.15. The highest BCUT2D eigenvalue weighted by molar-refractivity contribution is 5.31. The number of aryl methyl sites for hydroxylation is 1. The van der Waals surface area contributed by atoms with E-state index in [2.05, 4.69) is 4.98 Å². The van der Waals surface area contributed by atoms with Crippen LogP contribution in [0.5, 0.6) is 11.5 Å². The number of hydrogen-bond donors (Lipinski definition) is 1. The Hall–Kier alpha value is -2.17. The predicted octanol–water partition coefficient (Wildman–Crippen LogP) is 1.59. The second-order valence-corrected chi connectivity index (χ2v) is 3.66. The van der Waals surface area contributed by atoms with Gasteiger partial charge in [0.05, 0.1) is 7.11 Å². The molecule has 0 radical (unpaired) electrons. The van der Waals surface area contributed by atoms with E-state index in [0.29, 0.717) is 12.4 Å². The van der Waals surface area contributed by atoms with E-state index in [9.17, 15) is 0 Å². The first kappa shape index (κ1) is 11.3. The van der Waals surface area contributed by atoms with Crippen molar-refractivity contribution in [2.45, 2.75) is 6.61 Å². The van der Waals surface area contributed by atoms with Gasteiger partial charge in [0, 0.05) is 13.2 Å². The summed E-state index contributed by atoms with van der Waals surface area (Å²) in [6, 6.07) is 7.40. The van der Waals surface area contributed by atoms with E-state index in [0.717, 1.165) is 17.3 Å². The standard InChI is InChI=1S/C12H15N3O2/c1-15-7-11(13)14-12(15)8-17-10-5-3-9(16-2)4-6-10/h3-7H,8,13H2,1-2H3. The van der Waals surface area contributed by atoms with Crippen molar-refractivity contribution in [1.29, 1.82) is 0 Å². The Bertz CT molecular complexity index is 491. The monoisotopic (exact) mass is 233 g/mol. The molecule has 0 saturated heterocycles. The second-order valence-electron chi connectivity index (χ2n) is 3.66. The summed E-state index contributed by atoms with van der Waals surface area (Å²) in [5, 5.41) is 0. The highest BCUT2D eigenvalue weighted by Crippen LogP contribution is 2.18. The first-order valence-corrected chi connectivity index (χ1v) is 5.23. The fourth-order valence-electron chi connectivity index (χ4n) is 1.48. The minimum atomic E-state index is 0.389. The summed E-state index contributed by atoms with van der Waals surface area (Å²) in [6.07, 6.45) is 1.76. The number of methoxy groups -OCH3 is 1. The van der Waals surface area contributed by atoms with Crippen molar-refractivity contribution in [2.75, 3.05) is 12.8 Å². The molecule has 1 aromatic heterocycles. The van der Waals surface area contributed by atoms with Crippen LogP contribution in [0.2, 0.25) is 0 Å². The van der Waals surface area contributed by atoms with Crippen molar-refractivity contribution in [3.05, 3.63) is 36.3 Å². The van der Waals surface area contributed by atoms with E-state index in [-0.39, 0.29) is 0 Å². The summed E-state index contributed by atoms with van der Waals surface area (Å²) >= 11 is 0. The van der Waals surface area contributed by atoms with Gasteiger partial charge in [-0.15, -0.1) is 0 Å². The number of rotatable bonds is 4. The predicted molar refractivity (Wildman–Crippen MR) is 64.9 cm³/mol. The summed E-state index contributed by atoms with van der Waals surface area (Å²) in [6.45, 7) is 0.389. The number of nitrogens with zero attached hydrogens (tertiary/aromatic N) is 2. The van der Waals surface area contributed by atoms with Gasteiger partial charge in [0.15, 0.2) is 0 Å². The third kappa shape index (κ3) is 2.69. The maximum absolute atomic E-state index is 5.59. The molecule has 0 bridgehead atoms. The summed E-state index contributed by atoms with van der Waals surface area (Å²) in [7, 11) is 3.52. The lowest BCUT2D eigenvalue weighted by atomic mass is 10.3. The first-order chi connectivity index (χ1) is 8.19. The lowest BCUT2D eigenvalue weighted by molar-refractivity contribution is 0.291. The van der Waals surface area contributed by atoms with Crippen molar-refractivity contribution in [3.8, 4) is 11.5 Å². The van der Waals surface area contributed by atoms with E-state index in [4.69, 9.17) is 15.2 Å². The van der Waals surface area contributed by atoms with Gasteiger partial charge in [0.2, 0.25) is 0 Å². The minimum absolute atomic E-state index is 0.389. The van der Waals surface area contributed by atoms with Gasteiger partial charge in [-0.05, 0) is 24.3 Å². The largest absolute Gasteiger partial charge is 0.497 e. The molecule has 2 rings (SSSR count). The number of imidazole rings is 1. The molecule has 0 aliphatic heterocycles. The molecule has 0 aliphatic rings. The Labute approximate surface area is 99.8 Å². The molecule has 0 saturated carbocycles. The number of anilines is 1. The summed E-state index contributed by atoms with van der Waals surface area (Å²) in [5.41, 5.74) is 5.58. The first-order valence-electron chi connectivity index (χ1n) is 5.23. The molecule has 2 N–H and O–H groups in total. The number of nitrogen functional groups attached to an aromatic ring is 1. The SMILES string of the molecule is COc1ccc(OCc2nc(N)cn2C)cc1. The molecule has 1 heterocycles. The van der Waals surface area contributed by atoms with Crippen molar-refractivity contribution in [1.82, 2.24) is 9.55 Å². The second kappa shape index (κ2) is 4.78. The smallest absolute Gasteiger partial charge is 0.149 e. The molecular weight excluding hydrogens is 218 g/mol. The van der Waals surface area contributed by atoms with Gasteiger partial charge < -0.3 is 19.8 Å². The number of benzene rings is 1. The molecule has 5 nitrogen and oxygen atoms in total. The molecule has 0 spiro atoms. The van der Waals surface area contributed by atoms with Gasteiger partial charge in [-0.3, -0.25) is 0 Å². The maximum atomic E-state index is 5.59. The van der Waals surface area contributed by atoms with Crippen molar-refractivity contribution < 1.29 is 9.47 Å². The van der Waals surface area contributed by atoms with Crippen LogP contribution in [0, 0.1) is 0 Å². The van der Waals surface area contributed by atoms with Gasteiger partial charge in [-0.2, -0.15) is 0 Å². The number of ether oxygens (including phenoxy) is 2. The van der Waals surface area contributed by atoms with E-state index < -0.39 is 0 Å². The van der Waals surface area contributed by atoms with Crippen LogP contribution >= 0.6 is 0 Å². The van der Waals surface area contributed by atoms with Crippen LogP contribution < -0.4 is 15.2 Å². The lowest BCUT2D eigenvalue weighted by Crippen LogP contribution is -2.02. The summed E-state index contributed by atoms with van der Waals surface area (Å²) < 4.78 is 12.5. The van der Waals surface area contributed by atoms with Crippen LogP contribution in [-0.2, 0) is 13.7 Å². The highest BCUT2D eigenvalue weighted by Gasteiger charge is 2.03. The fourth-order valence-corrected chi connectivity index (χ4v) is 1.48. The molecule has 2 aromatic rings. The van der Waals surface area contributed by atoms with Crippen molar-refractivity contribution in [3.63, 3.8) is 0 Å². The maximum Gasteiger partial charge on any atom is 0.149 e. The molecule has 5 heteroatoms. The van der Waals surface area contributed by atoms with Gasteiger partial charge in [0.25, 0.3) is 0 Å². The summed E-state index contributed by atoms with van der Waals surface area (Å²) in [5.74, 6) is 2.87. The molecule has 0 aliphatic carbocycles. The Morgan fingerprint density at radius 1 is 1.24 bits per heavy atom. The Kier molecular flexibility index (Phi) is 3.18. The van der Waals surface area contributed by atoms with E-state index >= 15 is 0 Å². The molecular formula is C12H15N3O2. The quantitative estimate of drug-likeness (QED) is 0.871. The van der Waals surface area contributed by atoms with Gasteiger partial charge >= 0.3 is 0 Å². The van der Waals surface area contributed by atoms with Gasteiger partial charge in [0.1, 0.15) is 29.7 Å². The zero-order valence-corrected chi connectivity index (χ0v) is 9.88. The number of nitrogens with two attached hydrogens (primary N) is 1. The van der Waals surface area contributed by atoms with Crippen LogP contribution in [0.3, 0.4) is 0 Å². The van der Waals surface area contributed by atoms with Crippen LogP contribution in [0.4, 0.5) is 5.82 Å². The van der Waals surface area contributed by atoms with E-state index in [1.165, 1.54) is 0 Å². The highest BCUT2D eigenvalue weighted by atomic mass is 16.5.